The fourth-order valence-electron chi connectivity index (χ4n) is 3.23. The van der Waals surface area contributed by atoms with Crippen molar-refractivity contribution in [1.82, 2.24) is 10.3 Å². The molecular formula is C20H21N3O2. The maximum atomic E-state index is 12.4. The number of rotatable bonds is 4. The summed E-state index contributed by atoms with van der Waals surface area (Å²) in [4.78, 5) is 19.2. The minimum absolute atomic E-state index is 0.0889. The lowest BCUT2D eigenvalue weighted by atomic mass is 10.1. The summed E-state index contributed by atoms with van der Waals surface area (Å²) in [6, 6.07) is 11.7. The highest BCUT2D eigenvalue weighted by atomic mass is 16.5. The average molecular weight is 335 g/mol. The van der Waals surface area contributed by atoms with Crippen LogP contribution in [0.5, 0.6) is 5.75 Å². The van der Waals surface area contributed by atoms with Crippen LogP contribution in [0.2, 0.25) is 0 Å². The molecule has 4 rings (SSSR count). The van der Waals surface area contributed by atoms with Gasteiger partial charge in [-0.15, -0.1) is 0 Å². The lowest BCUT2D eigenvalue weighted by molar-refractivity contribution is -0.117. The number of fused-ring (bicyclic) bond motifs is 1. The number of para-hydroxylation sites is 1. The van der Waals surface area contributed by atoms with Gasteiger partial charge in [0, 0.05) is 31.4 Å². The number of carbonyl (C=O) groups is 1. The van der Waals surface area contributed by atoms with Gasteiger partial charge in [-0.05, 0) is 42.7 Å². The monoisotopic (exact) mass is 335 g/mol. The average Bonchev–Trinajstić information content (AvgIpc) is 3.21. The van der Waals surface area contributed by atoms with E-state index >= 15 is 0 Å². The van der Waals surface area contributed by atoms with Crippen LogP contribution in [0.4, 0.5) is 5.82 Å². The van der Waals surface area contributed by atoms with E-state index in [2.05, 4.69) is 21.3 Å². The third-order valence-electron chi connectivity index (χ3n) is 4.62. The zero-order valence-corrected chi connectivity index (χ0v) is 14.1. The van der Waals surface area contributed by atoms with Gasteiger partial charge in [-0.3, -0.25) is 4.79 Å². The molecule has 1 fully saturated rings. The summed E-state index contributed by atoms with van der Waals surface area (Å²) in [6.45, 7) is 2.91. The molecule has 128 valence electrons. The molecule has 5 heteroatoms. The molecule has 1 aromatic heterocycles. The van der Waals surface area contributed by atoms with E-state index in [1.165, 1.54) is 12.8 Å². The number of nitrogens with zero attached hydrogens (tertiary/aromatic N) is 2. The van der Waals surface area contributed by atoms with Crippen molar-refractivity contribution in [2.75, 3.05) is 24.6 Å². The van der Waals surface area contributed by atoms with Gasteiger partial charge in [-0.25, -0.2) is 4.98 Å². The molecule has 1 N–H and O–H groups in total. The van der Waals surface area contributed by atoms with Crippen molar-refractivity contribution >= 4 is 17.8 Å². The summed E-state index contributed by atoms with van der Waals surface area (Å²) in [5.74, 6) is 1.73. The van der Waals surface area contributed by atoms with Crippen LogP contribution < -0.4 is 15.0 Å². The predicted octanol–water partition coefficient (Wildman–Crippen LogP) is 2.77. The Hall–Kier alpha value is -2.82. The summed E-state index contributed by atoms with van der Waals surface area (Å²) in [6.07, 6.45) is 6.15. The van der Waals surface area contributed by atoms with E-state index in [0.29, 0.717) is 18.7 Å². The Balaban J connectivity index is 1.41. The number of anilines is 1. The normalized spacial score (nSPS) is 16.0. The second-order valence-corrected chi connectivity index (χ2v) is 6.40. The van der Waals surface area contributed by atoms with Crippen molar-refractivity contribution in [1.29, 1.82) is 0 Å². The van der Waals surface area contributed by atoms with Crippen LogP contribution in [-0.2, 0) is 11.3 Å². The lowest BCUT2D eigenvalue weighted by Crippen LogP contribution is -2.28. The number of aromatic nitrogens is 1. The van der Waals surface area contributed by atoms with Gasteiger partial charge in [0.05, 0.1) is 5.57 Å². The zero-order valence-electron chi connectivity index (χ0n) is 14.1. The number of benzene rings is 1. The number of amides is 1. The van der Waals surface area contributed by atoms with Crippen molar-refractivity contribution < 1.29 is 9.53 Å². The molecule has 3 heterocycles. The van der Waals surface area contributed by atoms with Gasteiger partial charge in [0.2, 0.25) is 0 Å². The lowest BCUT2D eigenvalue weighted by Gasteiger charge is -2.18. The van der Waals surface area contributed by atoms with E-state index in [9.17, 15) is 4.79 Å². The Bertz CT molecular complexity index is 810. The van der Waals surface area contributed by atoms with Crippen LogP contribution in [0.25, 0.3) is 6.08 Å². The zero-order chi connectivity index (χ0) is 17.1. The van der Waals surface area contributed by atoms with Crippen LogP contribution in [-0.4, -0.2) is 30.6 Å². The molecule has 1 aromatic carbocycles. The molecule has 2 aliphatic rings. The molecule has 2 aliphatic heterocycles. The predicted molar refractivity (Wildman–Crippen MR) is 97.4 cm³/mol. The van der Waals surface area contributed by atoms with Gasteiger partial charge in [-0.1, -0.05) is 18.2 Å². The second kappa shape index (κ2) is 6.97. The topological polar surface area (TPSA) is 54.5 Å². The highest BCUT2D eigenvalue weighted by molar-refractivity contribution is 5.99. The van der Waals surface area contributed by atoms with E-state index in [1.807, 2.05) is 42.6 Å². The Morgan fingerprint density at radius 3 is 2.92 bits per heavy atom. The molecule has 2 aromatic rings. The van der Waals surface area contributed by atoms with E-state index < -0.39 is 0 Å². The summed E-state index contributed by atoms with van der Waals surface area (Å²) in [7, 11) is 0. The largest absolute Gasteiger partial charge is 0.488 e. The van der Waals surface area contributed by atoms with E-state index in [1.54, 1.807) is 0 Å². The molecule has 0 radical (unpaired) electrons. The van der Waals surface area contributed by atoms with Crippen molar-refractivity contribution in [3.05, 3.63) is 59.3 Å². The van der Waals surface area contributed by atoms with E-state index in [-0.39, 0.29) is 5.91 Å². The Labute approximate surface area is 147 Å². The first-order chi connectivity index (χ1) is 12.3. The fraction of sp³-hybridized carbons (Fsp3) is 0.300. The molecule has 5 nitrogen and oxygen atoms in total. The van der Waals surface area contributed by atoms with Gasteiger partial charge in [0.1, 0.15) is 18.2 Å². The molecule has 0 atom stereocenters. The Morgan fingerprint density at radius 2 is 2.04 bits per heavy atom. The van der Waals surface area contributed by atoms with Crippen molar-refractivity contribution in [2.24, 2.45) is 0 Å². The summed E-state index contributed by atoms with van der Waals surface area (Å²) in [5.41, 5.74) is 2.65. The van der Waals surface area contributed by atoms with Gasteiger partial charge >= 0.3 is 0 Å². The molecule has 1 amide bonds. The fourth-order valence-corrected chi connectivity index (χ4v) is 3.23. The number of ether oxygens (including phenoxy) is 1. The number of hydrogen-bond acceptors (Lipinski definition) is 4. The third-order valence-corrected chi connectivity index (χ3v) is 4.62. The SMILES string of the molecule is O=C(NCc1ccnc(N2CCCC2)c1)C1=Cc2ccccc2OC1. The third kappa shape index (κ3) is 3.50. The van der Waals surface area contributed by atoms with Gasteiger partial charge in [-0.2, -0.15) is 0 Å². The van der Waals surface area contributed by atoms with Crippen LogP contribution in [0.1, 0.15) is 24.0 Å². The first kappa shape index (κ1) is 15.7. The number of pyridine rings is 1. The van der Waals surface area contributed by atoms with E-state index in [0.717, 1.165) is 35.8 Å². The summed E-state index contributed by atoms with van der Waals surface area (Å²) in [5, 5.41) is 2.98. The molecule has 0 spiro atoms. The van der Waals surface area contributed by atoms with E-state index in [4.69, 9.17) is 4.74 Å². The molecule has 0 aliphatic carbocycles. The summed E-state index contributed by atoms with van der Waals surface area (Å²) >= 11 is 0. The van der Waals surface area contributed by atoms with Gasteiger partial charge in [0.25, 0.3) is 5.91 Å². The van der Waals surface area contributed by atoms with Crippen molar-refractivity contribution in [3.8, 4) is 5.75 Å². The number of nitrogens with one attached hydrogen (secondary N) is 1. The number of carbonyl (C=O) groups excluding carboxylic acids is 1. The minimum Gasteiger partial charge on any atom is -0.488 e. The molecule has 1 saturated heterocycles. The molecule has 0 bridgehead atoms. The Kier molecular flexibility index (Phi) is 4.37. The van der Waals surface area contributed by atoms with Gasteiger partial charge < -0.3 is 15.0 Å². The summed E-state index contributed by atoms with van der Waals surface area (Å²) < 4.78 is 5.65. The molecule has 0 unspecified atom stereocenters. The first-order valence-corrected chi connectivity index (χ1v) is 8.70. The second-order valence-electron chi connectivity index (χ2n) is 6.40. The van der Waals surface area contributed by atoms with Crippen LogP contribution >= 0.6 is 0 Å². The van der Waals surface area contributed by atoms with Crippen LogP contribution in [0.15, 0.2) is 48.2 Å². The minimum atomic E-state index is -0.0889. The molecule has 0 saturated carbocycles. The molecule has 25 heavy (non-hydrogen) atoms. The molecular weight excluding hydrogens is 314 g/mol. The highest BCUT2D eigenvalue weighted by Crippen LogP contribution is 2.25. The standard InChI is InChI=1S/C20H21N3O2/c24-20(17-12-16-5-1-2-6-18(16)25-14-17)22-13-15-7-8-21-19(11-15)23-9-3-4-10-23/h1-2,5-8,11-12H,3-4,9-10,13-14H2,(H,22,24). The highest BCUT2D eigenvalue weighted by Gasteiger charge is 2.17. The first-order valence-electron chi connectivity index (χ1n) is 8.70. The quantitative estimate of drug-likeness (QED) is 0.933. The van der Waals surface area contributed by atoms with Crippen molar-refractivity contribution in [2.45, 2.75) is 19.4 Å². The van der Waals surface area contributed by atoms with Crippen molar-refractivity contribution in [3.63, 3.8) is 0 Å². The Morgan fingerprint density at radius 1 is 1.20 bits per heavy atom. The maximum absolute atomic E-state index is 12.4. The maximum Gasteiger partial charge on any atom is 0.250 e. The van der Waals surface area contributed by atoms with Gasteiger partial charge in [0.15, 0.2) is 0 Å². The smallest absolute Gasteiger partial charge is 0.250 e. The van der Waals surface area contributed by atoms with Crippen LogP contribution in [0.3, 0.4) is 0 Å². The number of hydrogen-bond donors (Lipinski definition) is 1. The van der Waals surface area contributed by atoms with Crippen LogP contribution in [0, 0.1) is 0 Å².